The Labute approximate surface area is 166 Å². The minimum Gasteiger partial charge on any atom is -0.373 e. The van der Waals surface area contributed by atoms with Gasteiger partial charge in [0.05, 0.1) is 29.4 Å². The van der Waals surface area contributed by atoms with Crippen molar-refractivity contribution in [2.45, 2.75) is 37.3 Å². The quantitative estimate of drug-likeness (QED) is 0.716. The van der Waals surface area contributed by atoms with Crippen LogP contribution in [0.25, 0.3) is 0 Å². The van der Waals surface area contributed by atoms with Crippen molar-refractivity contribution in [2.24, 2.45) is 5.10 Å². The Bertz CT molecular complexity index is 1000. The van der Waals surface area contributed by atoms with Crippen molar-refractivity contribution in [1.29, 1.82) is 0 Å². The lowest BCUT2D eigenvalue weighted by atomic mass is 9.89. The number of nitrogens with zero attached hydrogens (tertiary/aromatic N) is 3. The topological polar surface area (TPSA) is 57.6 Å². The molecule has 0 saturated carbocycles. The van der Waals surface area contributed by atoms with Gasteiger partial charge >= 0.3 is 12.4 Å². The van der Waals surface area contributed by atoms with E-state index < -0.39 is 48.0 Å². The fraction of sp³-hybridized carbons (Fsp3) is 0.316. The van der Waals surface area contributed by atoms with E-state index in [1.54, 1.807) is 12.1 Å². The summed E-state index contributed by atoms with van der Waals surface area (Å²) in [7, 11) is 0. The molecule has 2 unspecified atom stereocenters. The Kier molecular flexibility index (Phi) is 4.70. The summed E-state index contributed by atoms with van der Waals surface area (Å²) in [5, 5.41) is 7.02. The summed E-state index contributed by atoms with van der Waals surface area (Å²) in [4.78, 5) is 16.4. The summed E-state index contributed by atoms with van der Waals surface area (Å²) < 4.78 is 80.7. The van der Waals surface area contributed by atoms with Gasteiger partial charge in [-0.05, 0) is 18.2 Å². The third kappa shape index (κ3) is 3.59. The van der Waals surface area contributed by atoms with E-state index in [1.165, 1.54) is 18.5 Å². The van der Waals surface area contributed by atoms with Gasteiger partial charge in [0.1, 0.15) is 6.04 Å². The molecule has 2 atom stereocenters. The van der Waals surface area contributed by atoms with Gasteiger partial charge in [-0.15, -0.1) is 0 Å². The number of halogens is 6. The zero-order chi connectivity index (χ0) is 21.7. The number of aromatic nitrogens is 1. The van der Waals surface area contributed by atoms with Crippen LogP contribution < -0.4 is 5.32 Å². The standard InChI is InChI=1S/C19H14F6N4O/c20-18(21,22)12-3-1-2-11-14(9-15(19(23,24)25)27-17(11)12)29-16(30)8-13(28-29)10-4-6-26-7-5-10/h1-7,14-15,27H,8-9H2. The molecule has 0 fully saturated rings. The van der Waals surface area contributed by atoms with Crippen LogP contribution in [0.1, 0.15) is 35.6 Å². The van der Waals surface area contributed by atoms with Crippen LogP contribution in [0.15, 0.2) is 47.8 Å². The van der Waals surface area contributed by atoms with E-state index in [4.69, 9.17) is 0 Å². The number of anilines is 1. The molecular weight excluding hydrogens is 414 g/mol. The first kappa shape index (κ1) is 20.2. The molecule has 5 nitrogen and oxygen atoms in total. The molecule has 0 aliphatic carbocycles. The van der Waals surface area contributed by atoms with Gasteiger partial charge in [0, 0.05) is 29.9 Å². The minimum atomic E-state index is -4.86. The molecule has 0 bridgehead atoms. The van der Waals surface area contributed by atoms with Crippen molar-refractivity contribution in [2.75, 3.05) is 5.32 Å². The SMILES string of the molecule is O=C1CC(c2ccncc2)=NN1C1CC(C(F)(F)F)Nc2c1cccc2C(F)(F)F. The van der Waals surface area contributed by atoms with Crippen molar-refractivity contribution in [3.05, 3.63) is 59.4 Å². The van der Waals surface area contributed by atoms with Gasteiger partial charge in [-0.1, -0.05) is 12.1 Å². The average Bonchev–Trinajstić information content (AvgIpc) is 3.07. The lowest BCUT2D eigenvalue weighted by Crippen LogP contribution is -2.44. The molecule has 0 saturated heterocycles. The van der Waals surface area contributed by atoms with Crippen LogP contribution in [0.3, 0.4) is 0 Å². The first-order valence-electron chi connectivity index (χ1n) is 8.89. The number of pyridine rings is 1. The fourth-order valence-electron chi connectivity index (χ4n) is 3.67. The van der Waals surface area contributed by atoms with Crippen molar-refractivity contribution < 1.29 is 31.1 Å². The molecule has 0 spiro atoms. The van der Waals surface area contributed by atoms with Gasteiger partial charge in [-0.2, -0.15) is 31.4 Å². The van der Waals surface area contributed by atoms with E-state index in [9.17, 15) is 31.1 Å². The molecule has 11 heteroatoms. The Morgan fingerprint density at radius 1 is 1.03 bits per heavy atom. The largest absolute Gasteiger partial charge is 0.418 e. The molecule has 1 amide bonds. The molecule has 1 N–H and O–H groups in total. The highest BCUT2D eigenvalue weighted by molar-refractivity contribution is 6.13. The molecular formula is C19H14F6N4O. The highest BCUT2D eigenvalue weighted by Gasteiger charge is 2.49. The zero-order valence-electron chi connectivity index (χ0n) is 15.1. The number of para-hydroxylation sites is 1. The van der Waals surface area contributed by atoms with Crippen LogP contribution >= 0.6 is 0 Å². The van der Waals surface area contributed by atoms with Gasteiger partial charge in [-0.25, -0.2) is 5.01 Å². The van der Waals surface area contributed by atoms with Gasteiger partial charge < -0.3 is 5.32 Å². The number of carbonyl (C=O) groups excluding carboxylic acids is 1. The van der Waals surface area contributed by atoms with Gasteiger partial charge in [0.15, 0.2) is 0 Å². The maximum atomic E-state index is 13.5. The van der Waals surface area contributed by atoms with Crippen molar-refractivity contribution in [3.63, 3.8) is 0 Å². The highest BCUT2D eigenvalue weighted by atomic mass is 19.4. The third-order valence-corrected chi connectivity index (χ3v) is 5.05. The van der Waals surface area contributed by atoms with E-state index in [0.29, 0.717) is 17.3 Å². The van der Waals surface area contributed by atoms with Crippen LogP contribution in [-0.4, -0.2) is 33.8 Å². The second-order valence-corrected chi connectivity index (χ2v) is 6.96. The van der Waals surface area contributed by atoms with E-state index in [2.05, 4.69) is 10.1 Å². The number of hydrazone groups is 1. The van der Waals surface area contributed by atoms with Crippen LogP contribution in [0.5, 0.6) is 0 Å². The molecule has 30 heavy (non-hydrogen) atoms. The predicted molar refractivity (Wildman–Crippen MR) is 94.5 cm³/mol. The molecule has 158 valence electrons. The third-order valence-electron chi connectivity index (χ3n) is 5.05. The first-order valence-corrected chi connectivity index (χ1v) is 8.89. The lowest BCUT2D eigenvalue weighted by molar-refractivity contribution is -0.152. The number of hydrogen-bond donors (Lipinski definition) is 1. The molecule has 2 aromatic rings. The summed E-state index contributed by atoms with van der Waals surface area (Å²) in [6.45, 7) is 0. The zero-order valence-corrected chi connectivity index (χ0v) is 15.1. The molecule has 4 rings (SSSR count). The predicted octanol–water partition coefficient (Wildman–Crippen LogP) is 4.52. The number of hydrogen-bond acceptors (Lipinski definition) is 4. The van der Waals surface area contributed by atoms with Gasteiger partial charge in [-0.3, -0.25) is 9.78 Å². The number of benzene rings is 1. The number of nitrogens with one attached hydrogen (secondary N) is 1. The van der Waals surface area contributed by atoms with Gasteiger partial charge in [0.25, 0.3) is 0 Å². The van der Waals surface area contributed by atoms with Crippen LogP contribution in [0.4, 0.5) is 32.0 Å². The number of rotatable bonds is 2. The Morgan fingerprint density at radius 2 is 1.73 bits per heavy atom. The van der Waals surface area contributed by atoms with E-state index in [1.807, 2.05) is 5.32 Å². The van der Waals surface area contributed by atoms with Crippen molar-refractivity contribution in [1.82, 2.24) is 9.99 Å². The summed E-state index contributed by atoms with van der Waals surface area (Å²) >= 11 is 0. The summed E-state index contributed by atoms with van der Waals surface area (Å²) in [6.07, 6.45) is -7.55. The normalized spacial score (nSPS) is 21.9. The number of alkyl halides is 6. The molecule has 2 aliphatic heterocycles. The number of fused-ring (bicyclic) bond motifs is 1. The van der Waals surface area contributed by atoms with Crippen LogP contribution in [0.2, 0.25) is 0 Å². The second kappa shape index (κ2) is 6.99. The highest BCUT2D eigenvalue weighted by Crippen LogP contribution is 2.47. The second-order valence-electron chi connectivity index (χ2n) is 6.96. The Hall–Kier alpha value is -3.11. The van der Waals surface area contributed by atoms with E-state index in [0.717, 1.165) is 11.1 Å². The maximum Gasteiger partial charge on any atom is 0.418 e. The molecule has 0 radical (unpaired) electrons. The molecule has 3 heterocycles. The smallest absolute Gasteiger partial charge is 0.373 e. The molecule has 1 aromatic carbocycles. The van der Waals surface area contributed by atoms with E-state index in [-0.39, 0.29) is 12.0 Å². The molecule has 2 aliphatic rings. The summed E-state index contributed by atoms with van der Waals surface area (Å²) in [6, 6.07) is 2.73. The summed E-state index contributed by atoms with van der Waals surface area (Å²) in [5.74, 6) is -0.585. The van der Waals surface area contributed by atoms with E-state index >= 15 is 0 Å². The van der Waals surface area contributed by atoms with Crippen LogP contribution in [-0.2, 0) is 11.0 Å². The minimum absolute atomic E-state index is 0.0570. The lowest BCUT2D eigenvalue weighted by Gasteiger charge is -2.38. The van der Waals surface area contributed by atoms with Crippen LogP contribution in [0, 0.1) is 0 Å². The van der Waals surface area contributed by atoms with Crippen molar-refractivity contribution >= 4 is 17.3 Å². The first-order chi connectivity index (χ1) is 14.1. The molecule has 1 aromatic heterocycles. The monoisotopic (exact) mass is 428 g/mol. The number of carbonyl (C=O) groups is 1. The number of amides is 1. The Balaban J connectivity index is 1.80. The average molecular weight is 428 g/mol. The van der Waals surface area contributed by atoms with Gasteiger partial charge in [0.2, 0.25) is 5.91 Å². The Morgan fingerprint density at radius 3 is 2.37 bits per heavy atom. The van der Waals surface area contributed by atoms with Crippen molar-refractivity contribution in [3.8, 4) is 0 Å². The fourth-order valence-corrected chi connectivity index (χ4v) is 3.67. The summed E-state index contributed by atoms with van der Waals surface area (Å²) in [5.41, 5.74) is -1.07. The maximum absolute atomic E-state index is 13.5.